The van der Waals surface area contributed by atoms with Gasteiger partial charge < -0.3 is 15.3 Å². The molecule has 74 valence electrons. The maximum atomic E-state index is 10.2. The summed E-state index contributed by atoms with van der Waals surface area (Å²) in [6.07, 6.45) is 1.82. The molecule has 0 aliphatic carbocycles. The average molecular weight is 224 g/mol. The van der Waals surface area contributed by atoms with Crippen molar-refractivity contribution in [2.75, 3.05) is 18.1 Å². The number of hydrazone groups is 1. The van der Waals surface area contributed by atoms with Crippen molar-refractivity contribution in [1.29, 1.82) is 0 Å². The fourth-order valence-electron chi connectivity index (χ4n) is 0.505. The molecule has 0 unspecified atom stereocenters. The Bertz CT molecular complexity index is 210. The number of nitrogens with zero attached hydrogens (tertiary/aromatic N) is 1. The van der Waals surface area contributed by atoms with E-state index in [1.54, 1.807) is 11.8 Å². The fourth-order valence-corrected chi connectivity index (χ4v) is 1.07. The molecule has 0 spiro atoms. The number of carboxylic acid groups (broad SMARTS) is 1. The summed E-state index contributed by atoms with van der Waals surface area (Å²) in [5.41, 5.74) is 2.60. The second-order valence-electron chi connectivity index (χ2n) is 2.26. The molecule has 14 heavy (non-hydrogen) atoms. The van der Waals surface area contributed by atoms with Crippen molar-refractivity contribution in [3.63, 3.8) is 0 Å². The van der Waals surface area contributed by atoms with E-state index in [2.05, 4.69) is 17.1 Å². The molecular formula is C8H13N2NaO2S. The zero-order chi connectivity index (χ0) is 10.1. The van der Waals surface area contributed by atoms with E-state index in [4.69, 9.17) is 0 Å². The Morgan fingerprint density at radius 1 is 1.71 bits per heavy atom. The van der Waals surface area contributed by atoms with E-state index in [-0.39, 0.29) is 35.3 Å². The van der Waals surface area contributed by atoms with Crippen molar-refractivity contribution >= 4 is 23.4 Å². The van der Waals surface area contributed by atoms with E-state index < -0.39 is 5.97 Å². The first-order chi connectivity index (χ1) is 6.18. The van der Waals surface area contributed by atoms with Gasteiger partial charge in [0.25, 0.3) is 0 Å². The van der Waals surface area contributed by atoms with Crippen LogP contribution in [0.3, 0.4) is 0 Å². The molecule has 0 aliphatic rings. The van der Waals surface area contributed by atoms with Crippen LogP contribution in [0.2, 0.25) is 0 Å². The molecule has 0 bridgehead atoms. The smallest absolute Gasteiger partial charge is 0.543 e. The van der Waals surface area contributed by atoms with E-state index in [0.717, 1.165) is 11.5 Å². The summed E-state index contributed by atoms with van der Waals surface area (Å²) in [4.78, 5) is 10.2. The maximum absolute atomic E-state index is 10.2. The summed E-state index contributed by atoms with van der Waals surface area (Å²) in [7, 11) is 0. The zero-order valence-electron chi connectivity index (χ0n) is 8.58. The quantitative estimate of drug-likeness (QED) is 0.161. The van der Waals surface area contributed by atoms with E-state index in [9.17, 15) is 9.90 Å². The van der Waals surface area contributed by atoms with Crippen molar-refractivity contribution < 1.29 is 39.5 Å². The second-order valence-corrected chi connectivity index (χ2v) is 3.41. The molecule has 1 N–H and O–H groups in total. The normalized spacial score (nSPS) is 10.2. The predicted molar refractivity (Wildman–Crippen MR) is 53.6 cm³/mol. The summed E-state index contributed by atoms with van der Waals surface area (Å²) in [6.45, 7) is 5.61. The topological polar surface area (TPSA) is 64.5 Å². The van der Waals surface area contributed by atoms with Gasteiger partial charge in [-0.1, -0.05) is 6.08 Å². The molecule has 6 heteroatoms. The van der Waals surface area contributed by atoms with Crippen LogP contribution in [0.5, 0.6) is 0 Å². The Morgan fingerprint density at radius 2 is 2.36 bits per heavy atom. The summed E-state index contributed by atoms with van der Waals surface area (Å²) in [6, 6.07) is 0. The molecule has 4 nitrogen and oxygen atoms in total. The number of carboxylic acids is 1. The standard InChI is InChI=1S/C8H14N2O2S.Na/c1-3-5-13-6-4-9-10-7(2)8(11)12;/h3,9H,1,4-6H2,2H3,(H,11,12);/q;+1/p-1/b10-7-;. The van der Waals surface area contributed by atoms with Crippen molar-refractivity contribution in [2.45, 2.75) is 6.92 Å². The third-order valence-corrected chi connectivity index (χ3v) is 2.10. The van der Waals surface area contributed by atoms with Crippen molar-refractivity contribution in [3.8, 4) is 0 Å². The number of aliphatic carboxylic acids is 1. The van der Waals surface area contributed by atoms with Crippen LogP contribution < -0.4 is 40.1 Å². The van der Waals surface area contributed by atoms with Gasteiger partial charge in [-0.3, -0.25) is 0 Å². The number of nitrogens with one attached hydrogen (secondary N) is 1. The van der Waals surface area contributed by atoms with Gasteiger partial charge in [0.2, 0.25) is 0 Å². The Balaban J connectivity index is 0. The molecule has 0 radical (unpaired) electrons. The predicted octanol–water partition coefficient (Wildman–Crippen LogP) is -3.37. The molecule has 0 saturated carbocycles. The molecule has 0 aromatic rings. The van der Waals surface area contributed by atoms with E-state index in [1.807, 2.05) is 6.08 Å². The molecule has 0 heterocycles. The fraction of sp³-hybridized carbons (Fsp3) is 0.500. The van der Waals surface area contributed by atoms with Crippen LogP contribution in [0.4, 0.5) is 0 Å². The van der Waals surface area contributed by atoms with E-state index >= 15 is 0 Å². The zero-order valence-corrected chi connectivity index (χ0v) is 11.4. The van der Waals surface area contributed by atoms with Crippen LogP contribution in [0, 0.1) is 0 Å². The molecule has 0 aromatic carbocycles. The molecular weight excluding hydrogens is 211 g/mol. The number of carbonyl (C=O) groups is 1. The molecule has 0 atom stereocenters. The summed E-state index contributed by atoms with van der Waals surface area (Å²) in [5, 5.41) is 13.8. The van der Waals surface area contributed by atoms with Gasteiger partial charge in [-0.25, -0.2) is 0 Å². The number of hydrogen-bond donors (Lipinski definition) is 1. The van der Waals surface area contributed by atoms with Gasteiger partial charge >= 0.3 is 29.6 Å². The van der Waals surface area contributed by atoms with Crippen LogP contribution in [0.1, 0.15) is 6.92 Å². The van der Waals surface area contributed by atoms with Crippen molar-refractivity contribution in [3.05, 3.63) is 12.7 Å². The molecule has 0 saturated heterocycles. The van der Waals surface area contributed by atoms with Gasteiger partial charge in [0.1, 0.15) is 0 Å². The maximum Gasteiger partial charge on any atom is 1.00 e. The largest absolute Gasteiger partial charge is 1.00 e. The summed E-state index contributed by atoms with van der Waals surface area (Å²) >= 11 is 1.70. The van der Waals surface area contributed by atoms with Gasteiger partial charge in [-0.2, -0.15) is 16.9 Å². The van der Waals surface area contributed by atoms with Crippen LogP contribution in [-0.2, 0) is 4.79 Å². The van der Waals surface area contributed by atoms with Crippen LogP contribution in [0.25, 0.3) is 0 Å². The number of hydrogen-bond acceptors (Lipinski definition) is 5. The molecule has 0 aliphatic heterocycles. The first-order valence-corrected chi connectivity index (χ1v) is 5.01. The van der Waals surface area contributed by atoms with Gasteiger partial charge in [0.05, 0.1) is 11.7 Å². The number of carbonyl (C=O) groups excluding carboxylic acids is 1. The second kappa shape index (κ2) is 11.1. The summed E-state index contributed by atoms with van der Waals surface area (Å²) in [5.74, 6) is 0.520. The third-order valence-electron chi connectivity index (χ3n) is 1.14. The van der Waals surface area contributed by atoms with Crippen LogP contribution >= 0.6 is 11.8 Å². The molecule has 0 aromatic heterocycles. The van der Waals surface area contributed by atoms with Gasteiger partial charge in [-0.05, 0) is 6.92 Å². The number of rotatable bonds is 7. The molecule has 0 amide bonds. The number of thioether (sulfide) groups is 1. The van der Waals surface area contributed by atoms with Crippen molar-refractivity contribution in [2.24, 2.45) is 5.10 Å². The molecule has 0 fully saturated rings. The van der Waals surface area contributed by atoms with Gasteiger partial charge in [-0.15, -0.1) is 6.58 Å². The Morgan fingerprint density at radius 3 is 2.86 bits per heavy atom. The van der Waals surface area contributed by atoms with Gasteiger partial charge in [0, 0.05) is 18.1 Å². The van der Waals surface area contributed by atoms with Crippen LogP contribution in [-0.4, -0.2) is 29.7 Å². The minimum absolute atomic E-state index is 0. The minimum atomic E-state index is -1.24. The average Bonchev–Trinajstić information content (AvgIpc) is 2.10. The Kier molecular flexibility index (Phi) is 13.1. The van der Waals surface area contributed by atoms with Gasteiger partial charge in [0.15, 0.2) is 0 Å². The summed E-state index contributed by atoms with van der Waals surface area (Å²) < 4.78 is 0. The van der Waals surface area contributed by atoms with Crippen molar-refractivity contribution in [1.82, 2.24) is 5.43 Å². The van der Waals surface area contributed by atoms with E-state index in [1.165, 1.54) is 6.92 Å². The monoisotopic (exact) mass is 224 g/mol. The Labute approximate surface area is 111 Å². The van der Waals surface area contributed by atoms with E-state index in [0.29, 0.717) is 6.54 Å². The third kappa shape index (κ3) is 10.1. The Hall–Kier alpha value is 0.0300. The first kappa shape index (κ1) is 16.5. The SMILES string of the molecule is C=CCSCCN/N=C(/C)C(=O)[O-].[Na+]. The first-order valence-electron chi connectivity index (χ1n) is 3.85. The van der Waals surface area contributed by atoms with Crippen LogP contribution in [0.15, 0.2) is 17.8 Å². The molecule has 0 rings (SSSR count). The minimum Gasteiger partial charge on any atom is -0.543 e.